The third-order valence-electron chi connectivity index (χ3n) is 7.25. The highest BCUT2D eigenvalue weighted by Crippen LogP contribution is 2.45. The Hall–Kier alpha value is -2.95. The standard InChI is InChI=1S/C26H32F3N6O3P/c1-25(2)8-7-15(11-32-25)33-24-31-13-18(26(27,28)29)21(34-24)17-12-30-22-16(17)5-6-19(23(22)39(3,4)37)35-9-10-38-14-20(35)36/h5-6,12-13,15,30,32H,7-11,14H2,1-4H3,(H,31,33,34)/t15-/m0/s1. The van der Waals surface area contributed by atoms with Crippen molar-refractivity contribution in [3.05, 3.63) is 30.1 Å². The number of ether oxygens (including phenoxy) is 1. The van der Waals surface area contributed by atoms with Crippen LogP contribution in [0.5, 0.6) is 0 Å². The van der Waals surface area contributed by atoms with Gasteiger partial charge < -0.3 is 29.8 Å². The zero-order valence-corrected chi connectivity index (χ0v) is 23.2. The molecule has 13 heteroatoms. The lowest BCUT2D eigenvalue weighted by atomic mass is 9.91. The molecule has 210 valence electrons. The van der Waals surface area contributed by atoms with Crippen molar-refractivity contribution in [3.8, 4) is 11.3 Å². The molecular formula is C26H32F3N6O3P. The zero-order chi connectivity index (χ0) is 28.2. The van der Waals surface area contributed by atoms with E-state index < -0.39 is 18.9 Å². The lowest BCUT2D eigenvalue weighted by molar-refractivity contribution is -0.137. The van der Waals surface area contributed by atoms with Crippen LogP contribution in [0.25, 0.3) is 22.2 Å². The Morgan fingerprint density at radius 3 is 2.67 bits per heavy atom. The lowest BCUT2D eigenvalue weighted by Gasteiger charge is -2.36. The summed E-state index contributed by atoms with van der Waals surface area (Å²) in [5.41, 5.74) is -0.170. The van der Waals surface area contributed by atoms with Gasteiger partial charge >= 0.3 is 6.18 Å². The number of morpholine rings is 1. The van der Waals surface area contributed by atoms with Crippen LogP contribution in [0.2, 0.25) is 0 Å². The highest BCUT2D eigenvalue weighted by atomic mass is 31.2. The quantitative estimate of drug-likeness (QED) is 0.399. The van der Waals surface area contributed by atoms with E-state index in [1.165, 1.54) is 11.1 Å². The lowest BCUT2D eigenvalue weighted by Crippen LogP contribution is -2.50. The van der Waals surface area contributed by atoms with Crippen molar-refractivity contribution in [2.24, 2.45) is 0 Å². The number of piperidine rings is 1. The summed E-state index contributed by atoms with van der Waals surface area (Å²) in [6.45, 7) is 8.52. The fourth-order valence-corrected chi connectivity index (χ4v) is 6.67. The highest BCUT2D eigenvalue weighted by Gasteiger charge is 2.37. The van der Waals surface area contributed by atoms with Gasteiger partial charge in [0, 0.05) is 48.0 Å². The van der Waals surface area contributed by atoms with Gasteiger partial charge in [0.2, 0.25) is 5.95 Å². The molecule has 0 unspecified atom stereocenters. The monoisotopic (exact) mass is 564 g/mol. The third-order valence-corrected chi connectivity index (χ3v) is 8.78. The number of halogens is 3. The molecule has 1 aromatic carbocycles. The number of fused-ring (bicyclic) bond motifs is 1. The number of anilines is 2. The van der Waals surface area contributed by atoms with Gasteiger partial charge in [-0.2, -0.15) is 13.2 Å². The van der Waals surface area contributed by atoms with E-state index in [4.69, 9.17) is 4.74 Å². The minimum absolute atomic E-state index is 0.00519. The van der Waals surface area contributed by atoms with Crippen molar-refractivity contribution in [1.29, 1.82) is 0 Å². The number of nitrogens with zero attached hydrogens (tertiary/aromatic N) is 3. The van der Waals surface area contributed by atoms with Gasteiger partial charge in [0.05, 0.1) is 28.8 Å². The van der Waals surface area contributed by atoms with Crippen molar-refractivity contribution in [2.45, 2.75) is 44.4 Å². The van der Waals surface area contributed by atoms with E-state index in [2.05, 4.69) is 39.4 Å². The fraction of sp³-hybridized carbons (Fsp3) is 0.500. The first-order valence-corrected chi connectivity index (χ1v) is 15.4. The summed E-state index contributed by atoms with van der Waals surface area (Å²) in [6.07, 6.45) is -0.731. The van der Waals surface area contributed by atoms with Crippen LogP contribution in [0.1, 0.15) is 32.3 Å². The summed E-state index contributed by atoms with van der Waals surface area (Å²) in [5, 5.41) is 7.43. The molecule has 0 saturated carbocycles. The van der Waals surface area contributed by atoms with E-state index >= 15 is 0 Å². The maximum Gasteiger partial charge on any atom is 0.419 e. The zero-order valence-electron chi connectivity index (χ0n) is 22.3. The van der Waals surface area contributed by atoms with Gasteiger partial charge in [-0.25, -0.2) is 9.97 Å². The minimum Gasteiger partial charge on any atom is -0.370 e. The van der Waals surface area contributed by atoms with Crippen LogP contribution in [-0.4, -0.2) is 72.1 Å². The fourth-order valence-electron chi connectivity index (χ4n) is 5.20. The van der Waals surface area contributed by atoms with E-state index in [1.54, 1.807) is 25.5 Å². The van der Waals surface area contributed by atoms with Gasteiger partial charge in [-0.05, 0) is 46.1 Å². The number of benzene rings is 1. The Kier molecular flexibility index (Phi) is 7.01. The SMILES string of the molecule is CC1(C)CC[C@H](Nc2ncc(C(F)(F)F)c(-c3c[nH]c4c(P(C)(C)=O)c(N5CCOCC5=O)ccc34)n2)CN1. The number of H-pyrrole nitrogens is 1. The molecule has 3 N–H and O–H groups in total. The maximum absolute atomic E-state index is 14.1. The molecule has 9 nitrogen and oxygen atoms in total. The molecule has 2 fully saturated rings. The van der Waals surface area contributed by atoms with Gasteiger partial charge in [0.1, 0.15) is 19.3 Å². The molecule has 3 aromatic rings. The number of nitrogens with one attached hydrogen (secondary N) is 3. The molecule has 0 radical (unpaired) electrons. The topological polar surface area (TPSA) is 112 Å². The van der Waals surface area contributed by atoms with Crippen molar-refractivity contribution in [3.63, 3.8) is 0 Å². The first kappa shape index (κ1) is 27.6. The number of aromatic amines is 1. The molecule has 0 aliphatic carbocycles. The van der Waals surface area contributed by atoms with Crippen molar-refractivity contribution >= 4 is 40.9 Å². The number of aromatic nitrogens is 3. The van der Waals surface area contributed by atoms with Crippen LogP contribution < -0.4 is 20.8 Å². The van der Waals surface area contributed by atoms with Crippen LogP contribution >= 0.6 is 7.14 Å². The summed E-state index contributed by atoms with van der Waals surface area (Å²) < 4.78 is 61.1. The molecule has 1 amide bonds. The van der Waals surface area contributed by atoms with E-state index in [1.807, 2.05) is 0 Å². The summed E-state index contributed by atoms with van der Waals surface area (Å²) >= 11 is 0. The summed E-state index contributed by atoms with van der Waals surface area (Å²) in [4.78, 5) is 25.5. The van der Waals surface area contributed by atoms with E-state index in [0.29, 0.717) is 35.0 Å². The molecule has 2 aliphatic rings. The van der Waals surface area contributed by atoms with Crippen LogP contribution in [0.15, 0.2) is 24.5 Å². The summed E-state index contributed by atoms with van der Waals surface area (Å²) in [5.74, 6) is -0.167. The second kappa shape index (κ2) is 9.91. The highest BCUT2D eigenvalue weighted by molar-refractivity contribution is 7.71. The molecule has 2 aliphatic heterocycles. The normalized spacial score (nSPS) is 20.4. The molecule has 1 atom stereocenters. The third kappa shape index (κ3) is 5.55. The Labute approximate surface area is 224 Å². The number of amides is 1. The number of carbonyl (C=O) groups is 1. The van der Waals surface area contributed by atoms with E-state index in [-0.39, 0.29) is 47.8 Å². The maximum atomic E-state index is 14.1. The average Bonchev–Trinajstić information content (AvgIpc) is 3.27. The Bertz CT molecular complexity index is 1460. The van der Waals surface area contributed by atoms with Crippen LogP contribution in [0.3, 0.4) is 0 Å². The van der Waals surface area contributed by atoms with Gasteiger partial charge in [-0.3, -0.25) is 4.79 Å². The molecule has 2 saturated heterocycles. The Morgan fingerprint density at radius 2 is 2.03 bits per heavy atom. The van der Waals surface area contributed by atoms with Crippen LogP contribution in [0.4, 0.5) is 24.8 Å². The first-order chi connectivity index (χ1) is 18.2. The van der Waals surface area contributed by atoms with Gasteiger partial charge in [-0.15, -0.1) is 0 Å². The molecule has 0 spiro atoms. The molecule has 5 rings (SSSR count). The Morgan fingerprint density at radius 1 is 1.26 bits per heavy atom. The summed E-state index contributed by atoms with van der Waals surface area (Å²) in [6, 6.07) is 3.25. The van der Waals surface area contributed by atoms with Crippen LogP contribution in [0, 0.1) is 0 Å². The smallest absolute Gasteiger partial charge is 0.370 e. The molecule has 4 heterocycles. The largest absolute Gasteiger partial charge is 0.419 e. The van der Waals surface area contributed by atoms with Gasteiger partial charge in [0.15, 0.2) is 0 Å². The number of alkyl halides is 3. The predicted molar refractivity (Wildman–Crippen MR) is 145 cm³/mol. The van der Waals surface area contributed by atoms with Crippen LogP contribution in [-0.2, 0) is 20.3 Å². The average molecular weight is 565 g/mol. The number of carbonyl (C=O) groups excluding carboxylic acids is 1. The molecule has 0 bridgehead atoms. The van der Waals surface area contributed by atoms with E-state index in [0.717, 1.165) is 19.0 Å². The minimum atomic E-state index is -4.69. The van der Waals surface area contributed by atoms with Crippen molar-refractivity contribution in [2.75, 3.05) is 49.8 Å². The van der Waals surface area contributed by atoms with Crippen molar-refractivity contribution in [1.82, 2.24) is 20.3 Å². The Balaban J connectivity index is 1.61. The number of hydrogen-bond donors (Lipinski definition) is 3. The second-order valence-electron chi connectivity index (χ2n) is 11.1. The number of rotatable bonds is 5. The molecular weight excluding hydrogens is 532 g/mol. The number of hydrogen-bond acceptors (Lipinski definition) is 7. The summed E-state index contributed by atoms with van der Waals surface area (Å²) in [7, 11) is -3.00. The van der Waals surface area contributed by atoms with Gasteiger partial charge in [-0.1, -0.05) is 6.07 Å². The first-order valence-electron chi connectivity index (χ1n) is 12.8. The molecule has 2 aromatic heterocycles. The van der Waals surface area contributed by atoms with Gasteiger partial charge in [0.25, 0.3) is 5.91 Å². The molecule has 39 heavy (non-hydrogen) atoms. The van der Waals surface area contributed by atoms with E-state index in [9.17, 15) is 22.5 Å². The van der Waals surface area contributed by atoms with Crippen molar-refractivity contribution < 1.29 is 27.3 Å². The predicted octanol–water partition coefficient (Wildman–Crippen LogP) is 4.20. The second-order valence-corrected chi connectivity index (χ2v) is 14.3.